The number of nitrogens with one attached hydrogen (secondary N) is 2. The second kappa shape index (κ2) is 8.77. The van der Waals surface area contributed by atoms with Crippen LogP contribution in [0.3, 0.4) is 0 Å². The molecular formula is C20H17N3O3S. The van der Waals surface area contributed by atoms with E-state index in [0.29, 0.717) is 22.6 Å². The van der Waals surface area contributed by atoms with Crippen molar-refractivity contribution in [3.63, 3.8) is 0 Å². The minimum Gasteiger partial charge on any atom is -0.497 e. The van der Waals surface area contributed by atoms with Crippen LogP contribution in [0.1, 0.15) is 15.9 Å². The third kappa shape index (κ3) is 5.02. The maximum atomic E-state index is 12.7. The lowest BCUT2D eigenvalue weighted by molar-refractivity contribution is -0.113. The van der Waals surface area contributed by atoms with Crippen LogP contribution in [0.25, 0.3) is 6.08 Å². The number of thiophene rings is 1. The van der Waals surface area contributed by atoms with Gasteiger partial charge in [0.05, 0.1) is 12.7 Å². The van der Waals surface area contributed by atoms with Crippen LogP contribution >= 0.6 is 11.3 Å². The van der Waals surface area contributed by atoms with Crippen molar-refractivity contribution in [2.24, 2.45) is 0 Å². The van der Waals surface area contributed by atoms with Gasteiger partial charge >= 0.3 is 0 Å². The van der Waals surface area contributed by atoms with Crippen LogP contribution in [-0.2, 0) is 4.79 Å². The molecule has 6 nitrogen and oxygen atoms in total. The minimum absolute atomic E-state index is 0.120. The Morgan fingerprint density at radius 2 is 1.96 bits per heavy atom. The molecule has 0 aliphatic carbocycles. The molecule has 0 aliphatic heterocycles. The number of hydrogen-bond acceptors (Lipinski definition) is 5. The first kappa shape index (κ1) is 18.3. The number of nitrogens with zero attached hydrogens (tertiary/aromatic N) is 1. The van der Waals surface area contributed by atoms with Crippen molar-refractivity contribution in [3.8, 4) is 5.75 Å². The second-order valence-corrected chi connectivity index (χ2v) is 6.27. The number of rotatable bonds is 6. The molecule has 7 heteroatoms. The fourth-order valence-corrected chi connectivity index (χ4v) is 2.88. The highest BCUT2D eigenvalue weighted by atomic mass is 32.1. The van der Waals surface area contributed by atoms with Crippen LogP contribution in [0.2, 0.25) is 0 Å². The molecule has 0 radical (unpaired) electrons. The number of amides is 2. The number of pyridine rings is 1. The summed E-state index contributed by atoms with van der Waals surface area (Å²) in [6.45, 7) is 0. The summed E-state index contributed by atoms with van der Waals surface area (Å²) in [5, 5.41) is 8.97. The van der Waals surface area contributed by atoms with Gasteiger partial charge in [-0.25, -0.2) is 0 Å². The molecule has 2 amide bonds. The smallest absolute Gasteiger partial charge is 0.272 e. The third-order valence-electron chi connectivity index (χ3n) is 3.62. The number of hydrogen-bond donors (Lipinski definition) is 2. The molecule has 3 rings (SSSR count). The normalized spacial score (nSPS) is 10.9. The van der Waals surface area contributed by atoms with E-state index in [1.54, 1.807) is 78.8 Å². The summed E-state index contributed by atoms with van der Waals surface area (Å²) in [4.78, 5) is 29.2. The van der Waals surface area contributed by atoms with Crippen molar-refractivity contribution in [2.45, 2.75) is 0 Å². The Balaban J connectivity index is 1.82. The van der Waals surface area contributed by atoms with Crippen molar-refractivity contribution < 1.29 is 14.3 Å². The van der Waals surface area contributed by atoms with E-state index in [9.17, 15) is 9.59 Å². The van der Waals surface area contributed by atoms with Gasteiger partial charge in [0.2, 0.25) is 0 Å². The first-order valence-electron chi connectivity index (χ1n) is 8.06. The van der Waals surface area contributed by atoms with Gasteiger partial charge in [-0.15, -0.1) is 0 Å². The van der Waals surface area contributed by atoms with Gasteiger partial charge in [-0.05, 0) is 53.4 Å². The fourth-order valence-electron chi connectivity index (χ4n) is 2.25. The lowest BCUT2D eigenvalue weighted by atomic mass is 10.2. The number of benzene rings is 1. The Morgan fingerprint density at radius 3 is 2.59 bits per heavy atom. The number of anilines is 1. The minimum atomic E-state index is -0.437. The molecule has 136 valence electrons. The van der Waals surface area contributed by atoms with Gasteiger partial charge in [-0.2, -0.15) is 11.3 Å². The van der Waals surface area contributed by atoms with Gasteiger partial charge in [0.25, 0.3) is 11.8 Å². The topological polar surface area (TPSA) is 80.3 Å². The maximum absolute atomic E-state index is 12.7. The standard InChI is InChI=1S/C20H17N3O3S/c1-26-17-6-4-16(5-7-17)22-20(25)18(11-14-3-2-9-21-12-14)23-19(24)15-8-10-27-13-15/h2-13H,1H3,(H,22,25)(H,23,24)/b18-11+. The summed E-state index contributed by atoms with van der Waals surface area (Å²) in [7, 11) is 1.57. The van der Waals surface area contributed by atoms with E-state index in [0.717, 1.165) is 0 Å². The Morgan fingerprint density at radius 1 is 1.15 bits per heavy atom. The number of aromatic nitrogens is 1. The summed E-state index contributed by atoms with van der Waals surface area (Å²) < 4.78 is 5.11. The number of methoxy groups -OCH3 is 1. The van der Waals surface area contributed by atoms with E-state index in [-0.39, 0.29) is 11.6 Å². The zero-order valence-electron chi connectivity index (χ0n) is 14.5. The first-order chi connectivity index (χ1) is 13.2. The highest BCUT2D eigenvalue weighted by molar-refractivity contribution is 7.08. The summed E-state index contributed by atoms with van der Waals surface area (Å²) in [5.74, 6) is -0.103. The molecule has 0 spiro atoms. The SMILES string of the molecule is COc1ccc(NC(=O)/C(=C\c2cccnc2)NC(=O)c2ccsc2)cc1. The van der Waals surface area contributed by atoms with E-state index >= 15 is 0 Å². The average molecular weight is 379 g/mol. The summed E-state index contributed by atoms with van der Waals surface area (Å²) >= 11 is 1.41. The Labute approximate surface area is 160 Å². The van der Waals surface area contributed by atoms with Gasteiger partial charge in [0.1, 0.15) is 11.4 Å². The molecule has 0 unspecified atom stereocenters. The van der Waals surface area contributed by atoms with Gasteiger partial charge in [-0.3, -0.25) is 14.6 Å². The molecule has 0 bridgehead atoms. The lowest BCUT2D eigenvalue weighted by Crippen LogP contribution is -2.30. The molecule has 0 atom stereocenters. The molecule has 0 saturated heterocycles. The van der Waals surface area contributed by atoms with Crippen molar-refractivity contribution >= 4 is 34.9 Å². The zero-order valence-corrected chi connectivity index (χ0v) is 15.3. The summed E-state index contributed by atoms with van der Waals surface area (Å²) in [6.07, 6.45) is 4.83. The molecule has 2 N–H and O–H groups in total. The van der Waals surface area contributed by atoms with E-state index < -0.39 is 5.91 Å². The molecule has 2 heterocycles. The molecule has 27 heavy (non-hydrogen) atoms. The lowest BCUT2D eigenvalue weighted by Gasteiger charge is -2.11. The van der Waals surface area contributed by atoms with Gasteiger partial charge in [0, 0.05) is 23.5 Å². The van der Waals surface area contributed by atoms with Crippen LogP contribution in [0.4, 0.5) is 5.69 Å². The van der Waals surface area contributed by atoms with E-state index in [4.69, 9.17) is 4.74 Å². The Hall–Kier alpha value is -3.45. The van der Waals surface area contributed by atoms with Crippen molar-refractivity contribution in [2.75, 3.05) is 12.4 Å². The highest BCUT2D eigenvalue weighted by Gasteiger charge is 2.15. The second-order valence-electron chi connectivity index (χ2n) is 5.49. The molecule has 3 aromatic rings. The summed E-state index contributed by atoms with van der Waals surface area (Å²) in [6, 6.07) is 12.2. The molecular weight excluding hydrogens is 362 g/mol. The highest BCUT2D eigenvalue weighted by Crippen LogP contribution is 2.16. The van der Waals surface area contributed by atoms with E-state index in [2.05, 4.69) is 15.6 Å². The predicted molar refractivity (Wildman–Crippen MR) is 106 cm³/mol. The molecule has 0 aliphatic rings. The number of ether oxygens (including phenoxy) is 1. The monoisotopic (exact) mass is 379 g/mol. The molecule has 0 saturated carbocycles. The van der Waals surface area contributed by atoms with E-state index in [1.165, 1.54) is 11.3 Å². The van der Waals surface area contributed by atoms with Crippen LogP contribution < -0.4 is 15.4 Å². The Bertz CT molecular complexity index is 936. The van der Waals surface area contributed by atoms with Crippen LogP contribution in [0.5, 0.6) is 5.75 Å². The fraction of sp³-hybridized carbons (Fsp3) is 0.0500. The van der Waals surface area contributed by atoms with Crippen LogP contribution in [-0.4, -0.2) is 23.9 Å². The first-order valence-corrected chi connectivity index (χ1v) is 9.00. The van der Waals surface area contributed by atoms with Crippen molar-refractivity contribution in [3.05, 3.63) is 82.4 Å². The van der Waals surface area contributed by atoms with E-state index in [1.807, 2.05) is 0 Å². The Kier molecular flexibility index (Phi) is 5.96. The van der Waals surface area contributed by atoms with Crippen LogP contribution in [0, 0.1) is 0 Å². The van der Waals surface area contributed by atoms with Crippen molar-refractivity contribution in [1.29, 1.82) is 0 Å². The predicted octanol–water partition coefficient (Wildman–Crippen LogP) is 3.56. The molecule has 1 aromatic carbocycles. The van der Waals surface area contributed by atoms with Gasteiger partial charge in [-0.1, -0.05) is 6.07 Å². The molecule has 2 aromatic heterocycles. The zero-order chi connectivity index (χ0) is 19.1. The van der Waals surface area contributed by atoms with Gasteiger partial charge in [0.15, 0.2) is 0 Å². The van der Waals surface area contributed by atoms with Gasteiger partial charge < -0.3 is 15.4 Å². The number of carbonyl (C=O) groups excluding carboxylic acids is 2. The van der Waals surface area contributed by atoms with Crippen LogP contribution in [0.15, 0.2) is 71.3 Å². The molecule has 0 fully saturated rings. The van der Waals surface area contributed by atoms with Crippen molar-refractivity contribution in [1.82, 2.24) is 10.3 Å². The third-order valence-corrected chi connectivity index (χ3v) is 4.30. The average Bonchev–Trinajstić information content (AvgIpc) is 3.24. The quantitative estimate of drug-likeness (QED) is 0.642. The maximum Gasteiger partial charge on any atom is 0.272 e. The summed E-state index contributed by atoms with van der Waals surface area (Å²) in [5.41, 5.74) is 1.90. The number of carbonyl (C=O) groups is 2. The largest absolute Gasteiger partial charge is 0.497 e.